The van der Waals surface area contributed by atoms with Crippen LogP contribution >= 0.6 is 0 Å². The van der Waals surface area contributed by atoms with Gasteiger partial charge in [0, 0.05) is 38.6 Å². The van der Waals surface area contributed by atoms with Crippen molar-refractivity contribution in [3.63, 3.8) is 0 Å². The highest BCUT2D eigenvalue weighted by molar-refractivity contribution is 5.85. The van der Waals surface area contributed by atoms with E-state index in [1.54, 1.807) is 12.5 Å². The Morgan fingerprint density at radius 2 is 2.19 bits per heavy atom. The second kappa shape index (κ2) is 7.23. The molecule has 1 amide bonds. The van der Waals surface area contributed by atoms with E-state index in [9.17, 15) is 4.79 Å². The Hall–Kier alpha value is -2.14. The number of hydrogen-bond acceptors (Lipinski definition) is 3. The van der Waals surface area contributed by atoms with Gasteiger partial charge < -0.3 is 14.8 Å². The van der Waals surface area contributed by atoms with Crippen molar-refractivity contribution in [2.45, 2.75) is 38.6 Å². The number of likely N-dealkylation sites (tertiary alicyclic amines) is 1. The number of benzene rings is 1. The number of amides is 1. The average molecular weight is 352 g/mol. The fourth-order valence-corrected chi connectivity index (χ4v) is 4.19. The van der Waals surface area contributed by atoms with Crippen molar-refractivity contribution in [3.8, 4) is 0 Å². The minimum absolute atomic E-state index is 0.199. The molecule has 0 spiro atoms. The standard InChI is InChI=1S/C21H28N4O/c1-17-4-2-3-5-19(17)18-6-11-24(14-18)13-10-23-20(26)21(7-8-21)15-25-12-9-22-16-25/h2-5,9,12,16,18H,6-8,10-11,13-15H2,1H3,(H,23,26)/t18-/m0/s1. The lowest BCUT2D eigenvalue weighted by Gasteiger charge is -2.19. The van der Waals surface area contributed by atoms with Gasteiger partial charge in [0.1, 0.15) is 0 Å². The van der Waals surface area contributed by atoms with E-state index in [4.69, 9.17) is 0 Å². The van der Waals surface area contributed by atoms with Gasteiger partial charge in [0.25, 0.3) is 0 Å². The molecule has 1 N–H and O–H groups in total. The van der Waals surface area contributed by atoms with Crippen LogP contribution in [0.2, 0.25) is 0 Å². The predicted molar refractivity (Wildman–Crippen MR) is 102 cm³/mol. The molecule has 5 heteroatoms. The van der Waals surface area contributed by atoms with Gasteiger partial charge in [-0.25, -0.2) is 4.98 Å². The Morgan fingerprint density at radius 1 is 1.35 bits per heavy atom. The number of rotatable bonds is 7. The number of nitrogens with zero attached hydrogens (tertiary/aromatic N) is 3. The van der Waals surface area contributed by atoms with Crippen LogP contribution in [-0.4, -0.2) is 46.5 Å². The lowest BCUT2D eigenvalue weighted by molar-refractivity contribution is -0.126. The Kier molecular flexibility index (Phi) is 4.81. The molecule has 5 nitrogen and oxygen atoms in total. The molecule has 1 aromatic carbocycles. The molecule has 2 aliphatic rings. The number of aromatic nitrogens is 2. The first kappa shape index (κ1) is 17.3. The summed E-state index contributed by atoms with van der Waals surface area (Å²) >= 11 is 0. The first-order chi connectivity index (χ1) is 12.7. The molecule has 2 aromatic rings. The topological polar surface area (TPSA) is 50.2 Å². The van der Waals surface area contributed by atoms with E-state index in [2.05, 4.69) is 46.4 Å². The Balaban J connectivity index is 1.23. The smallest absolute Gasteiger partial charge is 0.228 e. The molecule has 2 heterocycles. The van der Waals surface area contributed by atoms with Crippen molar-refractivity contribution in [2.75, 3.05) is 26.2 Å². The number of carbonyl (C=O) groups excluding carboxylic acids is 1. The summed E-state index contributed by atoms with van der Waals surface area (Å²) in [5.41, 5.74) is 2.68. The largest absolute Gasteiger partial charge is 0.354 e. The minimum atomic E-state index is -0.199. The normalized spacial score (nSPS) is 21.7. The maximum atomic E-state index is 12.6. The van der Waals surface area contributed by atoms with E-state index in [0.717, 1.165) is 45.6 Å². The summed E-state index contributed by atoms with van der Waals surface area (Å²) in [6, 6.07) is 8.71. The average Bonchev–Trinajstić information content (AvgIpc) is 3.03. The zero-order valence-electron chi connectivity index (χ0n) is 15.5. The molecule has 2 fully saturated rings. The number of aryl methyl sites for hydroxylation is 1. The van der Waals surface area contributed by atoms with Crippen molar-refractivity contribution in [3.05, 3.63) is 54.1 Å². The molecule has 1 atom stereocenters. The van der Waals surface area contributed by atoms with Crippen molar-refractivity contribution < 1.29 is 4.79 Å². The maximum absolute atomic E-state index is 12.6. The minimum Gasteiger partial charge on any atom is -0.354 e. The second-order valence-corrected chi connectivity index (χ2v) is 7.91. The fraction of sp³-hybridized carbons (Fsp3) is 0.524. The van der Waals surface area contributed by atoms with E-state index < -0.39 is 0 Å². The summed E-state index contributed by atoms with van der Waals surface area (Å²) in [5.74, 6) is 0.837. The maximum Gasteiger partial charge on any atom is 0.228 e. The van der Waals surface area contributed by atoms with Crippen LogP contribution in [0.25, 0.3) is 0 Å². The monoisotopic (exact) mass is 352 g/mol. The van der Waals surface area contributed by atoms with Crippen LogP contribution in [0.1, 0.15) is 36.3 Å². The van der Waals surface area contributed by atoms with Gasteiger partial charge in [-0.1, -0.05) is 24.3 Å². The highest BCUT2D eigenvalue weighted by atomic mass is 16.2. The number of carbonyl (C=O) groups is 1. The van der Waals surface area contributed by atoms with Crippen molar-refractivity contribution >= 4 is 5.91 Å². The first-order valence-electron chi connectivity index (χ1n) is 9.68. The van der Waals surface area contributed by atoms with Crippen LogP contribution in [-0.2, 0) is 11.3 Å². The van der Waals surface area contributed by atoms with Crippen LogP contribution in [0.15, 0.2) is 43.0 Å². The van der Waals surface area contributed by atoms with E-state index in [1.807, 2.05) is 10.8 Å². The molecular formula is C21H28N4O. The van der Waals surface area contributed by atoms with E-state index in [-0.39, 0.29) is 11.3 Å². The van der Waals surface area contributed by atoms with Gasteiger partial charge in [-0.2, -0.15) is 0 Å². The van der Waals surface area contributed by atoms with E-state index >= 15 is 0 Å². The third kappa shape index (κ3) is 3.68. The van der Waals surface area contributed by atoms with Gasteiger partial charge in [-0.15, -0.1) is 0 Å². The third-order valence-electron chi connectivity index (χ3n) is 5.99. The molecule has 1 aromatic heterocycles. The van der Waals surface area contributed by atoms with Crippen molar-refractivity contribution in [1.82, 2.24) is 19.8 Å². The lowest BCUT2D eigenvalue weighted by atomic mass is 9.94. The molecule has 0 radical (unpaired) electrons. The zero-order chi connectivity index (χ0) is 18.0. The third-order valence-corrected chi connectivity index (χ3v) is 5.99. The van der Waals surface area contributed by atoms with Gasteiger partial charge in [0.15, 0.2) is 0 Å². The molecule has 1 aliphatic heterocycles. The summed E-state index contributed by atoms with van der Waals surface area (Å²) < 4.78 is 2.01. The van der Waals surface area contributed by atoms with Gasteiger partial charge in [-0.05, 0) is 49.8 Å². The van der Waals surface area contributed by atoms with Gasteiger partial charge >= 0.3 is 0 Å². The highest BCUT2D eigenvalue weighted by Crippen LogP contribution is 2.47. The summed E-state index contributed by atoms with van der Waals surface area (Å²) in [6.07, 6.45) is 8.67. The van der Waals surface area contributed by atoms with Crippen LogP contribution < -0.4 is 5.32 Å². The summed E-state index contributed by atoms with van der Waals surface area (Å²) in [7, 11) is 0. The molecule has 1 saturated heterocycles. The quantitative estimate of drug-likeness (QED) is 0.833. The molecule has 138 valence electrons. The van der Waals surface area contributed by atoms with Crippen LogP contribution in [0.4, 0.5) is 0 Å². The molecule has 1 aliphatic carbocycles. The molecule has 0 unspecified atom stereocenters. The zero-order valence-corrected chi connectivity index (χ0v) is 15.5. The van der Waals surface area contributed by atoms with Gasteiger partial charge in [-0.3, -0.25) is 4.79 Å². The van der Waals surface area contributed by atoms with Crippen molar-refractivity contribution in [2.24, 2.45) is 5.41 Å². The molecule has 1 saturated carbocycles. The van der Waals surface area contributed by atoms with Crippen molar-refractivity contribution in [1.29, 1.82) is 0 Å². The van der Waals surface area contributed by atoms with Crippen LogP contribution in [0.5, 0.6) is 0 Å². The SMILES string of the molecule is Cc1ccccc1[C@H]1CCN(CCNC(=O)C2(Cn3ccnc3)CC2)C1. The van der Waals surface area contributed by atoms with Gasteiger partial charge in [0.2, 0.25) is 5.91 Å². The molecule has 26 heavy (non-hydrogen) atoms. The Morgan fingerprint density at radius 3 is 2.92 bits per heavy atom. The van der Waals surface area contributed by atoms with E-state index in [1.165, 1.54) is 17.5 Å². The fourth-order valence-electron chi connectivity index (χ4n) is 4.19. The second-order valence-electron chi connectivity index (χ2n) is 7.91. The Bertz CT molecular complexity index is 751. The summed E-state index contributed by atoms with van der Waals surface area (Å²) in [4.78, 5) is 19.1. The molecule has 4 rings (SSSR count). The number of nitrogens with one attached hydrogen (secondary N) is 1. The highest BCUT2D eigenvalue weighted by Gasteiger charge is 2.49. The predicted octanol–water partition coefficient (Wildman–Crippen LogP) is 2.58. The number of hydrogen-bond donors (Lipinski definition) is 1. The summed E-state index contributed by atoms with van der Waals surface area (Å²) in [5, 5.41) is 3.18. The first-order valence-corrected chi connectivity index (χ1v) is 9.68. The number of imidazole rings is 1. The molecular weight excluding hydrogens is 324 g/mol. The Labute approximate surface area is 155 Å². The summed E-state index contributed by atoms with van der Waals surface area (Å²) in [6.45, 7) is 6.85. The van der Waals surface area contributed by atoms with Gasteiger partial charge in [0.05, 0.1) is 11.7 Å². The van der Waals surface area contributed by atoms with Crippen LogP contribution in [0, 0.1) is 12.3 Å². The molecule has 0 bridgehead atoms. The van der Waals surface area contributed by atoms with Crippen LogP contribution in [0.3, 0.4) is 0 Å². The lowest BCUT2D eigenvalue weighted by Crippen LogP contribution is -2.39. The van der Waals surface area contributed by atoms with E-state index in [0.29, 0.717) is 5.92 Å².